The highest BCUT2D eigenvalue weighted by atomic mass is 35.5. The highest BCUT2D eigenvalue weighted by Gasteiger charge is 2.22. The third-order valence-electron chi connectivity index (χ3n) is 1.86. The molecule has 0 fully saturated rings. The van der Waals surface area contributed by atoms with Gasteiger partial charge in [0.05, 0.1) is 4.91 Å². The first-order valence-electron chi connectivity index (χ1n) is 3.87. The molecule has 6 heteroatoms. The molecule has 0 aliphatic rings. The summed E-state index contributed by atoms with van der Waals surface area (Å²) in [6, 6.07) is 1.75. The first-order valence-corrected chi connectivity index (χ1v) is 4.25. The molecule has 2 rings (SSSR count). The zero-order valence-electron chi connectivity index (χ0n) is 7.32. The highest BCUT2D eigenvalue weighted by molar-refractivity contribution is 6.37. The fourth-order valence-corrected chi connectivity index (χ4v) is 1.46. The molecule has 2 heterocycles. The number of H-pyrrole nitrogens is 1. The van der Waals surface area contributed by atoms with E-state index in [1.165, 1.54) is 13.3 Å². The van der Waals surface area contributed by atoms with Crippen LogP contribution in [0.4, 0.5) is 5.69 Å². The Morgan fingerprint density at radius 2 is 2.43 bits per heavy atom. The molecule has 2 aromatic rings. The molecule has 0 amide bonds. The van der Waals surface area contributed by atoms with Gasteiger partial charge in [0.15, 0.2) is 7.11 Å². The summed E-state index contributed by atoms with van der Waals surface area (Å²) >= 11 is 5.97. The summed E-state index contributed by atoms with van der Waals surface area (Å²) in [5, 5.41) is 1.02. The average molecular weight is 213 g/mol. The van der Waals surface area contributed by atoms with Crippen molar-refractivity contribution in [1.29, 1.82) is 0 Å². The molecule has 14 heavy (non-hydrogen) atoms. The van der Waals surface area contributed by atoms with Crippen LogP contribution in [0.1, 0.15) is 0 Å². The van der Waals surface area contributed by atoms with Gasteiger partial charge in [-0.25, -0.2) is 9.82 Å². The minimum absolute atomic E-state index is 0.196. The normalized spacial score (nSPS) is 10.4. The minimum Gasteiger partial charge on any atom is -0.346 e. The Hall–Kier alpha value is -1.62. The van der Waals surface area contributed by atoms with Gasteiger partial charge in [0.2, 0.25) is 0 Å². The van der Waals surface area contributed by atoms with Crippen molar-refractivity contribution >= 4 is 28.3 Å². The van der Waals surface area contributed by atoms with E-state index >= 15 is 0 Å². The van der Waals surface area contributed by atoms with Crippen LogP contribution in [0.25, 0.3) is 11.0 Å². The van der Waals surface area contributed by atoms with Crippen molar-refractivity contribution in [3.63, 3.8) is 0 Å². The van der Waals surface area contributed by atoms with E-state index in [4.69, 9.17) is 11.6 Å². The van der Waals surface area contributed by atoms with Gasteiger partial charge in [-0.05, 0) is 6.07 Å². The number of rotatable bonds is 2. The van der Waals surface area contributed by atoms with Crippen molar-refractivity contribution in [2.24, 2.45) is 0 Å². The smallest absolute Gasteiger partial charge is 0.346 e. The summed E-state index contributed by atoms with van der Waals surface area (Å²) in [5.41, 5.74) is 0.838. The quantitative estimate of drug-likeness (QED) is 0.777. The summed E-state index contributed by atoms with van der Waals surface area (Å²) in [7, 11) is 1.27. The monoisotopic (exact) mass is 212 g/mol. The lowest BCUT2D eigenvalue weighted by molar-refractivity contribution is -0.736. The van der Waals surface area contributed by atoms with E-state index in [1.54, 1.807) is 12.3 Å². The molecular formula is C8H7ClN3O2+. The lowest BCUT2D eigenvalue weighted by Crippen LogP contribution is -1.99. The van der Waals surface area contributed by atoms with Gasteiger partial charge in [0.25, 0.3) is 4.92 Å². The van der Waals surface area contributed by atoms with Crippen LogP contribution in [0.15, 0.2) is 18.5 Å². The number of halogens is 1. The van der Waals surface area contributed by atoms with Crippen LogP contribution < -0.4 is 0 Å². The fourth-order valence-electron chi connectivity index (χ4n) is 1.19. The molecule has 0 unspecified atom stereocenters. The SMILES string of the molecule is CO[N+](=O)c1cnc2[nH]ccc2c1Cl. The molecule has 0 saturated carbocycles. The van der Waals surface area contributed by atoms with Crippen molar-refractivity contribution in [3.8, 4) is 0 Å². The Kier molecular flexibility index (Phi) is 2.09. The molecule has 0 radical (unpaired) electrons. The van der Waals surface area contributed by atoms with Crippen molar-refractivity contribution in [1.82, 2.24) is 9.97 Å². The van der Waals surface area contributed by atoms with E-state index < -0.39 is 0 Å². The van der Waals surface area contributed by atoms with E-state index in [-0.39, 0.29) is 5.69 Å². The summed E-state index contributed by atoms with van der Waals surface area (Å²) in [4.78, 5) is 22.9. The molecule has 0 aliphatic heterocycles. The standard InChI is InChI=1S/C8H7ClN3O2/c1-14-12(13)6-4-11-8-5(7(6)9)2-3-10-8/h2-4H,1H3,(H,10,11)/q+1. The number of nitrogens with one attached hydrogen (secondary N) is 1. The first-order chi connectivity index (χ1) is 6.74. The lowest BCUT2D eigenvalue weighted by atomic mass is 10.3. The lowest BCUT2D eigenvalue weighted by Gasteiger charge is -1.93. The van der Waals surface area contributed by atoms with E-state index in [1.807, 2.05) is 0 Å². The molecule has 1 N–H and O–H groups in total. The second-order valence-corrected chi connectivity index (χ2v) is 3.02. The predicted molar refractivity (Wildman–Crippen MR) is 51.4 cm³/mol. The Balaban J connectivity index is 2.67. The van der Waals surface area contributed by atoms with Crippen molar-refractivity contribution in [3.05, 3.63) is 28.4 Å². The zero-order valence-corrected chi connectivity index (χ0v) is 8.08. The van der Waals surface area contributed by atoms with Crippen LogP contribution in [0.3, 0.4) is 0 Å². The maximum absolute atomic E-state index is 11.2. The van der Waals surface area contributed by atoms with E-state index in [2.05, 4.69) is 14.8 Å². The van der Waals surface area contributed by atoms with Crippen molar-refractivity contribution in [2.75, 3.05) is 7.11 Å². The van der Waals surface area contributed by atoms with E-state index in [0.717, 1.165) is 0 Å². The van der Waals surface area contributed by atoms with Gasteiger partial charge in [-0.15, -0.1) is 0 Å². The van der Waals surface area contributed by atoms with Crippen molar-refractivity contribution in [2.45, 2.75) is 0 Å². The van der Waals surface area contributed by atoms with Gasteiger partial charge in [-0.2, -0.15) is 0 Å². The van der Waals surface area contributed by atoms with Gasteiger partial charge in [0.1, 0.15) is 16.9 Å². The maximum Gasteiger partial charge on any atom is 0.354 e. The average Bonchev–Trinajstić information content (AvgIpc) is 2.66. The Morgan fingerprint density at radius 3 is 3.14 bits per heavy atom. The Morgan fingerprint density at radius 1 is 1.64 bits per heavy atom. The molecule has 0 spiro atoms. The Labute approximate surface area is 84.2 Å². The molecule has 0 aliphatic carbocycles. The number of fused-ring (bicyclic) bond motifs is 1. The largest absolute Gasteiger partial charge is 0.354 e. The van der Waals surface area contributed by atoms with Gasteiger partial charge in [-0.1, -0.05) is 11.6 Å². The Bertz CT molecular complexity index is 494. The van der Waals surface area contributed by atoms with Gasteiger partial charge < -0.3 is 4.98 Å². The number of aromatic amines is 1. The summed E-state index contributed by atoms with van der Waals surface area (Å²) < 4.78 is 0. The molecule has 0 atom stereocenters. The molecule has 72 valence electrons. The number of nitrogens with zero attached hydrogens (tertiary/aromatic N) is 2. The summed E-state index contributed by atoms with van der Waals surface area (Å²) in [6.45, 7) is 0. The number of hydrogen-bond donors (Lipinski definition) is 1. The van der Waals surface area contributed by atoms with Crippen LogP contribution in [-0.2, 0) is 4.84 Å². The van der Waals surface area contributed by atoms with Crippen LogP contribution in [0.5, 0.6) is 0 Å². The van der Waals surface area contributed by atoms with E-state index in [0.29, 0.717) is 21.0 Å². The van der Waals surface area contributed by atoms with Crippen molar-refractivity contribution < 1.29 is 9.76 Å². The van der Waals surface area contributed by atoms with Gasteiger partial charge in [-0.3, -0.25) is 0 Å². The van der Waals surface area contributed by atoms with Crippen LogP contribution in [-0.4, -0.2) is 22.0 Å². The van der Waals surface area contributed by atoms with Crippen LogP contribution >= 0.6 is 11.6 Å². The summed E-state index contributed by atoms with van der Waals surface area (Å²) in [5.74, 6) is 0. The van der Waals surface area contributed by atoms with Gasteiger partial charge >= 0.3 is 5.69 Å². The predicted octanol–water partition coefficient (Wildman–Crippen LogP) is 2.19. The highest BCUT2D eigenvalue weighted by Crippen LogP contribution is 2.30. The molecule has 0 aromatic carbocycles. The number of pyridine rings is 1. The van der Waals surface area contributed by atoms with E-state index in [9.17, 15) is 4.91 Å². The number of aromatic nitrogens is 2. The second-order valence-electron chi connectivity index (χ2n) is 2.64. The fraction of sp³-hybridized carbons (Fsp3) is 0.125. The third-order valence-corrected chi connectivity index (χ3v) is 2.26. The number of hydrogen-bond acceptors (Lipinski definition) is 3. The third kappa shape index (κ3) is 1.22. The van der Waals surface area contributed by atoms with Gasteiger partial charge in [0, 0.05) is 11.6 Å². The molecule has 2 aromatic heterocycles. The summed E-state index contributed by atoms with van der Waals surface area (Å²) in [6.07, 6.45) is 3.06. The first kappa shape index (κ1) is 8.96. The minimum atomic E-state index is 0.196. The molecular weight excluding hydrogens is 206 g/mol. The zero-order chi connectivity index (χ0) is 10.1. The molecule has 5 nitrogen and oxygen atoms in total. The van der Waals surface area contributed by atoms with Crippen LogP contribution in [0, 0.1) is 4.91 Å². The second kappa shape index (κ2) is 3.26. The molecule has 0 bridgehead atoms. The maximum atomic E-state index is 11.2. The van der Waals surface area contributed by atoms with Crippen LogP contribution in [0.2, 0.25) is 5.02 Å². The molecule has 0 saturated heterocycles. The topological polar surface area (TPSA) is 58.0 Å².